The van der Waals surface area contributed by atoms with Gasteiger partial charge in [0, 0.05) is 78.0 Å². The van der Waals surface area contributed by atoms with Gasteiger partial charge in [0.15, 0.2) is 0 Å². The molecule has 0 amide bonds. The van der Waals surface area contributed by atoms with Gasteiger partial charge < -0.3 is 23.7 Å². The molecule has 0 atom stereocenters. The number of anilines is 6. The van der Waals surface area contributed by atoms with Gasteiger partial charge >= 0.3 is 0 Å². The van der Waals surface area contributed by atoms with Crippen molar-refractivity contribution in [2.24, 2.45) is 0 Å². The maximum Gasteiger partial charge on any atom is 0.268 e. The van der Waals surface area contributed by atoms with Crippen LogP contribution in [0, 0.1) is 18.5 Å². The molecule has 0 unspecified atom stereocenters. The summed E-state index contributed by atoms with van der Waals surface area (Å²) in [6, 6.07) is 80.8. The van der Waals surface area contributed by atoms with E-state index in [2.05, 4.69) is 238 Å². The first-order valence-corrected chi connectivity index (χ1v) is 24.2. The SMILES string of the molecule is CC1(C)c2ccc(Oc3[c-]c(-n4c5cc6c7c(c5c5cccnc54)N(c4ccccc4)c4ccccc4B7c4ccccc4N6c4ccccc4)ccc3)[c-]c2-n2[c-][n+](-c3ccccc3)c3cccc1c32.[Pt]. The molecule has 6 heterocycles. The van der Waals surface area contributed by atoms with E-state index in [0.717, 1.165) is 89.7 Å². The van der Waals surface area contributed by atoms with E-state index in [4.69, 9.17) is 9.72 Å². The molecule has 3 aromatic heterocycles. The van der Waals surface area contributed by atoms with Gasteiger partial charge in [0.25, 0.3) is 13.0 Å². The summed E-state index contributed by atoms with van der Waals surface area (Å²) in [7, 11) is 0. The number of fused-ring (bicyclic) bond motifs is 10. The predicted octanol–water partition coefficient (Wildman–Crippen LogP) is 12.3. The molecule has 0 aliphatic carbocycles. The fourth-order valence-electron chi connectivity index (χ4n) is 11.9. The second kappa shape index (κ2) is 16.0. The van der Waals surface area contributed by atoms with Gasteiger partial charge in [-0.3, -0.25) is 4.57 Å². The van der Waals surface area contributed by atoms with Crippen molar-refractivity contribution in [3.63, 3.8) is 0 Å². The quantitative estimate of drug-likeness (QED) is 0.0945. The molecule has 72 heavy (non-hydrogen) atoms. The van der Waals surface area contributed by atoms with Crippen LogP contribution in [0.3, 0.4) is 0 Å². The zero-order valence-corrected chi connectivity index (χ0v) is 41.5. The molecule has 9 heteroatoms. The first-order valence-electron chi connectivity index (χ1n) is 24.2. The number of benzene rings is 9. The minimum atomic E-state index is -0.287. The van der Waals surface area contributed by atoms with Crippen LogP contribution in [-0.4, -0.2) is 20.8 Å². The van der Waals surface area contributed by atoms with Crippen molar-refractivity contribution >= 4 is 90.2 Å². The van der Waals surface area contributed by atoms with Gasteiger partial charge in [-0.1, -0.05) is 129 Å². The number of para-hydroxylation sites is 6. The van der Waals surface area contributed by atoms with E-state index in [1.807, 2.05) is 30.5 Å². The number of hydrogen-bond acceptors (Lipinski definition) is 4. The zero-order chi connectivity index (χ0) is 47.0. The van der Waals surface area contributed by atoms with Gasteiger partial charge in [0.05, 0.1) is 27.9 Å². The van der Waals surface area contributed by atoms with E-state index in [1.165, 1.54) is 22.0 Å². The molecule has 0 saturated carbocycles. The molecular weight excluding hydrogens is 1060 g/mol. The van der Waals surface area contributed by atoms with Crippen molar-refractivity contribution in [3.8, 4) is 28.6 Å². The average molecular weight is 1100 g/mol. The molecule has 344 valence electrons. The topological polar surface area (TPSA) is 42.3 Å². The van der Waals surface area contributed by atoms with E-state index in [-0.39, 0.29) is 33.2 Å². The van der Waals surface area contributed by atoms with Gasteiger partial charge in [0.1, 0.15) is 5.65 Å². The van der Waals surface area contributed by atoms with Crippen molar-refractivity contribution in [2.45, 2.75) is 19.3 Å². The number of pyridine rings is 1. The maximum atomic E-state index is 6.84. The molecule has 0 spiro atoms. The summed E-state index contributed by atoms with van der Waals surface area (Å²) in [4.78, 5) is 10.1. The van der Waals surface area contributed by atoms with Gasteiger partial charge in [-0.2, -0.15) is 12.1 Å². The second-order valence-electron chi connectivity index (χ2n) is 19.1. The number of nitrogens with zero attached hydrogens (tertiary/aromatic N) is 6. The monoisotopic (exact) mass is 1100 g/mol. The standard InChI is InChI=1S/C63H41BN6O.Pt/c1-63(2)48-35-34-46(38-55(48)67-40-66(41-19-6-3-7-20-41)54-33-17-28-49(63)60(54)67)71-45-26-16-25-44(37-45)70-56-39-57-59-61(58(56)47-27-18-36-65-62(47)70)69(43-23-10-5-11-24-43)53-32-15-13-30-51(53)64(59)50-29-12-14-31-52(50)68(57)42-21-8-4-9-22-42;/h3-36,39H,1-2H3;/q-2;. The summed E-state index contributed by atoms with van der Waals surface area (Å²) < 4.78 is 13.4. The molecule has 15 rings (SSSR count). The second-order valence-corrected chi connectivity index (χ2v) is 19.1. The minimum Gasteiger partial charge on any atom is -0.510 e. The molecule has 3 aliphatic rings. The summed E-state index contributed by atoms with van der Waals surface area (Å²) >= 11 is 0. The maximum absolute atomic E-state index is 6.84. The molecular formula is C63H41BN6OPt-2. The van der Waals surface area contributed by atoms with Crippen LogP contribution in [0.5, 0.6) is 11.5 Å². The largest absolute Gasteiger partial charge is 0.510 e. The van der Waals surface area contributed by atoms with E-state index in [1.54, 1.807) is 0 Å². The molecule has 0 fully saturated rings. The smallest absolute Gasteiger partial charge is 0.268 e. The van der Waals surface area contributed by atoms with E-state index in [9.17, 15) is 0 Å². The van der Waals surface area contributed by atoms with Crippen LogP contribution in [0.4, 0.5) is 34.1 Å². The summed E-state index contributed by atoms with van der Waals surface area (Å²) in [5, 5.41) is 2.17. The predicted molar refractivity (Wildman–Crippen MR) is 286 cm³/mol. The van der Waals surface area contributed by atoms with E-state index >= 15 is 0 Å². The van der Waals surface area contributed by atoms with Crippen molar-refractivity contribution in [1.82, 2.24) is 14.1 Å². The van der Waals surface area contributed by atoms with Crippen molar-refractivity contribution in [3.05, 3.63) is 242 Å². The van der Waals surface area contributed by atoms with Crippen LogP contribution in [0.2, 0.25) is 0 Å². The molecule has 0 radical (unpaired) electrons. The summed E-state index contributed by atoms with van der Waals surface area (Å²) in [5.41, 5.74) is 19.5. The molecule has 0 N–H and O–H groups in total. The molecule has 12 aromatic rings. The van der Waals surface area contributed by atoms with Crippen LogP contribution in [-0.2, 0) is 26.5 Å². The Labute approximate surface area is 431 Å². The number of hydrogen-bond donors (Lipinski definition) is 0. The van der Waals surface area contributed by atoms with E-state index in [0.29, 0.717) is 11.5 Å². The van der Waals surface area contributed by atoms with Crippen molar-refractivity contribution < 1.29 is 30.4 Å². The Morgan fingerprint density at radius 2 is 1.24 bits per heavy atom. The third-order valence-electron chi connectivity index (χ3n) is 14.9. The van der Waals surface area contributed by atoms with Gasteiger partial charge in [0.2, 0.25) is 0 Å². The molecule has 3 aliphatic heterocycles. The minimum absolute atomic E-state index is 0. The number of rotatable bonds is 6. The van der Waals surface area contributed by atoms with Gasteiger partial charge in [-0.25, -0.2) is 4.98 Å². The first-order chi connectivity index (χ1) is 35.0. The third kappa shape index (κ3) is 6.02. The van der Waals surface area contributed by atoms with Crippen molar-refractivity contribution in [2.75, 3.05) is 9.80 Å². The Morgan fingerprint density at radius 1 is 0.583 bits per heavy atom. The summed E-state index contributed by atoms with van der Waals surface area (Å²) in [6.45, 7) is 4.55. The molecule has 7 nitrogen and oxygen atoms in total. The molecule has 9 aromatic carbocycles. The fraction of sp³-hybridized carbons (Fsp3) is 0.0476. The zero-order valence-electron chi connectivity index (χ0n) is 39.2. The van der Waals surface area contributed by atoms with Crippen LogP contribution in [0.25, 0.3) is 50.0 Å². The molecule has 0 bridgehead atoms. The summed E-state index contributed by atoms with van der Waals surface area (Å²) in [5.74, 6) is 1.16. The van der Waals surface area contributed by atoms with E-state index < -0.39 is 0 Å². The van der Waals surface area contributed by atoms with Crippen LogP contribution < -0.4 is 35.5 Å². The Hall–Kier alpha value is -8.45. The average Bonchev–Trinajstić information content (AvgIpc) is 3.98. The van der Waals surface area contributed by atoms with Gasteiger partial charge in [-0.15, -0.1) is 35.9 Å². The fourth-order valence-corrected chi connectivity index (χ4v) is 11.9. The summed E-state index contributed by atoms with van der Waals surface area (Å²) in [6.07, 6.45) is 5.58. The normalized spacial score (nSPS) is 13.6. The number of aromatic nitrogens is 4. The Morgan fingerprint density at radius 3 is 1.99 bits per heavy atom. The van der Waals surface area contributed by atoms with Crippen molar-refractivity contribution in [1.29, 1.82) is 0 Å². The van der Waals surface area contributed by atoms with Gasteiger partial charge in [-0.05, 0) is 99.8 Å². The Balaban J connectivity index is 0.00000482. The first kappa shape index (κ1) is 42.4. The van der Waals surface area contributed by atoms with Crippen LogP contribution in [0.15, 0.2) is 212 Å². The van der Waals surface area contributed by atoms with Crippen LogP contribution >= 0.6 is 0 Å². The molecule has 0 saturated heterocycles. The Kier molecular flexibility index (Phi) is 9.45. The number of ether oxygens (including phenoxy) is 1. The Bertz CT molecular complexity index is 4140. The number of imidazole rings is 1. The third-order valence-corrected chi connectivity index (χ3v) is 14.9. The van der Waals surface area contributed by atoms with Crippen LogP contribution in [0.1, 0.15) is 25.0 Å².